The molecule has 0 aromatic carbocycles. The fourth-order valence-electron chi connectivity index (χ4n) is 1.71. The summed E-state index contributed by atoms with van der Waals surface area (Å²) in [5.41, 5.74) is 0. The Labute approximate surface area is 153 Å². The van der Waals surface area contributed by atoms with Gasteiger partial charge in [-0.15, -0.1) is 0 Å². The summed E-state index contributed by atoms with van der Waals surface area (Å²) in [4.78, 5) is 0. The molecule has 0 aromatic heterocycles. The second kappa shape index (κ2) is 6.31. The molecule has 0 spiro atoms. The van der Waals surface area contributed by atoms with Crippen molar-refractivity contribution in [2.75, 3.05) is 0 Å². The van der Waals surface area contributed by atoms with Crippen LogP contribution >= 0.6 is 63.7 Å². The molecule has 2 N–H and O–H groups in total. The van der Waals surface area contributed by atoms with E-state index in [1.165, 1.54) is 0 Å². The third kappa shape index (κ3) is 3.71. The van der Waals surface area contributed by atoms with Gasteiger partial charge in [-0.25, -0.2) is 0 Å². The maximum Gasteiger partial charge on any atom is 0.170 e. The molecule has 2 aliphatic rings. The zero-order valence-electron chi connectivity index (χ0n) is 9.84. The number of hydrogen-bond donors (Lipinski definition) is 2. The second-order valence-corrected chi connectivity index (χ2v) is 10.2. The van der Waals surface area contributed by atoms with Crippen LogP contribution in [0.2, 0.25) is 0 Å². The van der Waals surface area contributed by atoms with Crippen LogP contribution in [-0.2, 0) is 11.2 Å². The molecule has 110 valence electrons. The normalized spacial score (nSPS) is 42.1. The molecular weight excluding hydrogens is 544 g/mol. The summed E-state index contributed by atoms with van der Waals surface area (Å²) in [7, 11) is 0. The third-order valence-electron chi connectivity index (χ3n) is 2.84. The van der Waals surface area contributed by atoms with E-state index in [2.05, 4.69) is 63.7 Å². The van der Waals surface area contributed by atoms with Gasteiger partial charge in [0.05, 0.1) is 0 Å². The van der Waals surface area contributed by atoms with Gasteiger partial charge in [0.2, 0.25) is 0 Å². The minimum Gasteiger partial charge on any atom is -0.615 e. The van der Waals surface area contributed by atoms with Gasteiger partial charge >= 0.3 is 0 Å². The number of hydrogen-bond acceptors (Lipinski definition) is 3. The molecule has 0 heterocycles. The van der Waals surface area contributed by atoms with Gasteiger partial charge < -0.3 is 14.8 Å². The molecule has 3 nitrogen and oxygen atoms in total. The molecule has 0 aromatic rings. The van der Waals surface area contributed by atoms with Gasteiger partial charge in [0.15, 0.2) is 19.5 Å². The maximum atomic E-state index is 12.6. The minimum atomic E-state index is -1.25. The van der Waals surface area contributed by atoms with Gasteiger partial charge in [0.1, 0.15) is 0 Å². The van der Waals surface area contributed by atoms with Crippen LogP contribution in [0.4, 0.5) is 0 Å². The van der Waals surface area contributed by atoms with Gasteiger partial charge in [-0.05, 0) is 79.5 Å². The smallest absolute Gasteiger partial charge is 0.170 e. The summed E-state index contributed by atoms with van der Waals surface area (Å²) in [6.07, 6.45) is 9.89. The Morgan fingerprint density at radius 3 is 1.60 bits per heavy atom. The molecule has 2 rings (SSSR count). The molecular formula is C12H10Br4O3S. The van der Waals surface area contributed by atoms with Gasteiger partial charge in [-0.2, -0.15) is 0 Å². The van der Waals surface area contributed by atoms with Crippen molar-refractivity contribution in [3.8, 4) is 0 Å². The molecule has 0 saturated carbocycles. The van der Waals surface area contributed by atoms with E-state index in [-0.39, 0.29) is 10.5 Å². The standard InChI is InChI=1S/C12H10Br4O3S/c13-9-5-7(1-3-11(9,15)17)20(19)8-2-4-12(16,18)10(14)6-8/h1-8,17-18H. The van der Waals surface area contributed by atoms with Crippen molar-refractivity contribution in [1.29, 1.82) is 0 Å². The molecule has 4 atom stereocenters. The first-order chi connectivity index (χ1) is 9.13. The van der Waals surface area contributed by atoms with Gasteiger partial charge in [0, 0.05) is 8.96 Å². The molecule has 0 fully saturated rings. The lowest BCUT2D eigenvalue weighted by Crippen LogP contribution is -2.34. The van der Waals surface area contributed by atoms with E-state index in [0.29, 0.717) is 8.96 Å². The van der Waals surface area contributed by atoms with Crippen LogP contribution in [0.25, 0.3) is 0 Å². The summed E-state index contributed by atoms with van der Waals surface area (Å²) in [6, 6.07) is 0. The van der Waals surface area contributed by atoms with Gasteiger partial charge in [-0.3, -0.25) is 0 Å². The number of alkyl halides is 2. The van der Waals surface area contributed by atoms with Crippen molar-refractivity contribution in [1.82, 2.24) is 0 Å². The Morgan fingerprint density at radius 1 is 0.950 bits per heavy atom. The van der Waals surface area contributed by atoms with Crippen molar-refractivity contribution in [2.45, 2.75) is 19.5 Å². The lowest BCUT2D eigenvalue weighted by Gasteiger charge is -2.30. The Balaban J connectivity index is 2.17. The minimum absolute atomic E-state index is 0.324. The highest BCUT2D eigenvalue weighted by atomic mass is 79.9. The lowest BCUT2D eigenvalue weighted by atomic mass is 10.1. The highest BCUT2D eigenvalue weighted by Gasteiger charge is 2.37. The number of halogens is 4. The summed E-state index contributed by atoms with van der Waals surface area (Å²) >= 11 is 11.5. The predicted molar refractivity (Wildman–Crippen MR) is 95.8 cm³/mol. The van der Waals surface area contributed by atoms with E-state index in [4.69, 9.17) is 0 Å². The highest BCUT2D eigenvalue weighted by molar-refractivity contribution is 9.14. The summed E-state index contributed by atoms with van der Waals surface area (Å²) in [5.74, 6) is 0. The van der Waals surface area contributed by atoms with Crippen LogP contribution in [0.3, 0.4) is 0 Å². The van der Waals surface area contributed by atoms with Crippen molar-refractivity contribution in [2.24, 2.45) is 0 Å². The Morgan fingerprint density at radius 2 is 1.30 bits per heavy atom. The average Bonchev–Trinajstić information content (AvgIpc) is 2.35. The molecule has 0 saturated heterocycles. The zero-order chi connectivity index (χ0) is 15.1. The van der Waals surface area contributed by atoms with E-state index < -0.39 is 20.2 Å². The van der Waals surface area contributed by atoms with Gasteiger partial charge in [-0.1, -0.05) is 31.9 Å². The van der Waals surface area contributed by atoms with E-state index in [1.54, 1.807) is 36.5 Å². The fourth-order valence-corrected chi connectivity index (χ4v) is 4.83. The average molecular weight is 554 g/mol. The molecule has 20 heavy (non-hydrogen) atoms. The first kappa shape index (κ1) is 17.5. The number of rotatable bonds is 2. The van der Waals surface area contributed by atoms with Crippen LogP contribution in [0.15, 0.2) is 45.4 Å². The zero-order valence-corrected chi connectivity index (χ0v) is 17.0. The van der Waals surface area contributed by atoms with Gasteiger partial charge in [0.25, 0.3) is 0 Å². The largest absolute Gasteiger partial charge is 0.615 e. The maximum absolute atomic E-state index is 12.6. The SMILES string of the molecule is [O-][S+](C1C=CC(O)(Br)C(Br)=C1)C1C=CC(O)(Br)C(Br)=C1. The Hall–Kier alpha value is 1.11. The summed E-state index contributed by atoms with van der Waals surface area (Å²) < 4.78 is 11.1. The van der Waals surface area contributed by atoms with E-state index >= 15 is 0 Å². The topological polar surface area (TPSA) is 63.5 Å². The van der Waals surface area contributed by atoms with E-state index in [9.17, 15) is 14.8 Å². The van der Waals surface area contributed by atoms with Crippen LogP contribution in [0.5, 0.6) is 0 Å². The van der Waals surface area contributed by atoms with Crippen LogP contribution in [0.1, 0.15) is 0 Å². The molecule has 0 amide bonds. The predicted octanol–water partition coefficient (Wildman–Crippen LogP) is 3.34. The lowest BCUT2D eigenvalue weighted by molar-refractivity contribution is 0.240. The summed E-state index contributed by atoms with van der Waals surface area (Å²) in [6.45, 7) is 0. The third-order valence-corrected chi connectivity index (χ3v) is 8.69. The first-order valence-corrected chi connectivity index (χ1v) is 9.94. The van der Waals surface area contributed by atoms with Crippen molar-refractivity contribution in [3.63, 3.8) is 0 Å². The van der Waals surface area contributed by atoms with E-state index in [1.807, 2.05) is 0 Å². The van der Waals surface area contributed by atoms with Crippen molar-refractivity contribution >= 4 is 74.9 Å². The second-order valence-electron chi connectivity index (χ2n) is 4.35. The molecule has 0 aliphatic heterocycles. The first-order valence-electron chi connectivity index (χ1n) is 5.50. The van der Waals surface area contributed by atoms with Crippen LogP contribution in [0, 0.1) is 0 Å². The molecule has 8 heteroatoms. The van der Waals surface area contributed by atoms with Crippen LogP contribution in [-0.4, -0.2) is 34.3 Å². The van der Waals surface area contributed by atoms with E-state index in [0.717, 1.165) is 0 Å². The van der Waals surface area contributed by atoms with Crippen molar-refractivity contribution in [3.05, 3.63) is 45.4 Å². The molecule has 0 bridgehead atoms. The quantitative estimate of drug-likeness (QED) is 0.313. The Kier molecular flexibility index (Phi) is 5.51. The Bertz CT molecular complexity index is 479. The molecule has 0 radical (unpaired) electrons. The number of aliphatic hydroxyl groups is 2. The molecule has 2 aliphatic carbocycles. The van der Waals surface area contributed by atoms with Crippen molar-refractivity contribution < 1.29 is 14.8 Å². The van der Waals surface area contributed by atoms with Crippen LogP contribution < -0.4 is 0 Å². The highest BCUT2D eigenvalue weighted by Crippen LogP contribution is 2.39. The molecule has 4 unspecified atom stereocenters. The summed E-state index contributed by atoms with van der Waals surface area (Å²) in [5, 5.41) is 19.2. The fraction of sp³-hybridized carbons (Fsp3) is 0.333. The monoisotopic (exact) mass is 550 g/mol.